The molecule has 0 radical (unpaired) electrons. The predicted octanol–water partition coefficient (Wildman–Crippen LogP) is 1.19. The third-order valence-electron chi connectivity index (χ3n) is 2.69. The Bertz CT molecular complexity index is 746. The highest BCUT2D eigenvalue weighted by atomic mass is 79.9. The highest BCUT2D eigenvalue weighted by Gasteiger charge is 2.11. The van der Waals surface area contributed by atoms with E-state index >= 15 is 0 Å². The van der Waals surface area contributed by atoms with Gasteiger partial charge in [0.2, 0.25) is 0 Å². The van der Waals surface area contributed by atoms with Crippen molar-refractivity contribution in [3.05, 3.63) is 67.4 Å². The van der Waals surface area contributed by atoms with Crippen LogP contribution < -0.4 is 11.2 Å². The van der Waals surface area contributed by atoms with Crippen LogP contribution >= 0.6 is 15.9 Å². The number of hydrogen-bond donors (Lipinski definition) is 0. The highest BCUT2D eigenvalue weighted by Crippen LogP contribution is 2.12. The molecule has 0 atom stereocenters. The zero-order valence-electron chi connectivity index (χ0n) is 10.2. The minimum absolute atomic E-state index is 0.261. The zero-order chi connectivity index (χ0) is 14.0. The molecule has 1 heterocycles. The Balaban J connectivity index is 2.37. The fourth-order valence-electron chi connectivity index (χ4n) is 1.66. The summed E-state index contributed by atoms with van der Waals surface area (Å²) in [6.45, 7) is -0.261. The number of carbonyl (C=O) groups is 1. The molecule has 19 heavy (non-hydrogen) atoms. The monoisotopic (exact) mass is 322 g/mol. The van der Waals surface area contributed by atoms with Gasteiger partial charge < -0.3 is 4.57 Å². The third kappa shape index (κ3) is 2.90. The van der Waals surface area contributed by atoms with Gasteiger partial charge in [0, 0.05) is 29.3 Å². The molecule has 0 spiro atoms. The predicted molar refractivity (Wildman–Crippen MR) is 74.4 cm³/mol. The van der Waals surface area contributed by atoms with Crippen LogP contribution in [0.15, 0.2) is 50.6 Å². The topological polar surface area (TPSA) is 61.1 Å². The summed E-state index contributed by atoms with van der Waals surface area (Å²) in [6.07, 6.45) is 1.38. The molecule has 0 saturated carbocycles. The summed E-state index contributed by atoms with van der Waals surface area (Å²) in [6, 6.07) is 8.08. The lowest BCUT2D eigenvalue weighted by Gasteiger charge is -2.06. The summed E-state index contributed by atoms with van der Waals surface area (Å²) in [5.41, 5.74) is -0.533. The molecule has 0 amide bonds. The van der Waals surface area contributed by atoms with Gasteiger partial charge in [-0.05, 0) is 12.1 Å². The first-order valence-corrected chi connectivity index (χ1v) is 6.33. The summed E-state index contributed by atoms with van der Waals surface area (Å²) in [5, 5.41) is 0. The summed E-state index contributed by atoms with van der Waals surface area (Å²) >= 11 is 3.27. The van der Waals surface area contributed by atoms with E-state index in [9.17, 15) is 14.4 Å². The maximum atomic E-state index is 12.1. The van der Waals surface area contributed by atoms with Crippen LogP contribution in [0.1, 0.15) is 10.4 Å². The molecular formula is C13H11BrN2O3. The Morgan fingerprint density at radius 3 is 2.68 bits per heavy atom. The molecule has 0 aliphatic rings. The number of ketones is 1. The standard InChI is InChI=1S/C13H11BrN2O3/c1-15-6-5-12(18)16(13(15)19)8-11(17)9-3-2-4-10(14)7-9/h2-7H,8H2,1H3. The van der Waals surface area contributed by atoms with Gasteiger partial charge in [-0.2, -0.15) is 0 Å². The van der Waals surface area contributed by atoms with E-state index in [0.29, 0.717) is 5.56 Å². The summed E-state index contributed by atoms with van der Waals surface area (Å²) < 4.78 is 2.95. The van der Waals surface area contributed by atoms with Crippen LogP contribution in [-0.2, 0) is 13.6 Å². The Morgan fingerprint density at radius 2 is 2.00 bits per heavy atom. The van der Waals surface area contributed by atoms with Crippen molar-refractivity contribution in [1.82, 2.24) is 9.13 Å². The fraction of sp³-hybridized carbons (Fsp3) is 0.154. The Morgan fingerprint density at radius 1 is 1.26 bits per heavy atom. The molecule has 1 aromatic carbocycles. The zero-order valence-corrected chi connectivity index (χ0v) is 11.8. The van der Waals surface area contributed by atoms with Crippen molar-refractivity contribution >= 4 is 21.7 Å². The van der Waals surface area contributed by atoms with E-state index in [1.165, 1.54) is 23.9 Å². The fourth-order valence-corrected chi connectivity index (χ4v) is 2.06. The number of benzene rings is 1. The van der Waals surface area contributed by atoms with Crippen LogP contribution in [-0.4, -0.2) is 14.9 Å². The number of carbonyl (C=O) groups excluding carboxylic acids is 1. The van der Waals surface area contributed by atoms with Crippen LogP contribution in [0.4, 0.5) is 0 Å². The van der Waals surface area contributed by atoms with Crippen LogP contribution in [0.25, 0.3) is 0 Å². The molecule has 0 unspecified atom stereocenters. The van der Waals surface area contributed by atoms with E-state index < -0.39 is 11.2 Å². The van der Waals surface area contributed by atoms with E-state index in [-0.39, 0.29) is 12.3 Å². The van der Waals surface area contributed by atoms with Gasteiger partial charge in [0.05, 0.1) is 6.54 Å². The van der Waals surface area contributed by atoms with E-state index in [4.69, 9.17) is 0 Å². The molecule has 1 aromatic heterocycles. The second kappa shape index (κ2) is 5.36. The lowest BCUT2D eigenvalue weighted by molar-refractivity contribution is 0.0968. The van der Waals surface area contributed by atoms with Crippen molar-refractivity contribution in [2.45, 2.75) is 6.54 Å². The minimum atomic E-state index is -0.504. The largest absolute Gasteiger partial charge is 0.331 e. The van der Waals surface area contributed by atoms with Crippen molar-refractivity contribution in [1.29, 1.82) is 0 Å². The quantitative estimate of drug-likeness (QED) is 0.797. The maximum Gasteiger partial charge on any atom is 0.331 e. The number of rotatable bonds is 3. The molecule has 5 nitrogen and oxygen atoms in total. The van der Waals surface area contributed by atoms with Gasteiger partial charge in [-0.25, -0.2) is 4.79 Å². The van der Waals surface area contributed by atoms with Crippen molar-refractivity contribution < 1.29 is 4.79 Å². The van der Waals surface area contributed by atoms with Crippen LogP contribution in [0.5, 0.6) is 0 Å². The number of Topliss-reactive ketones (excluding diaryl/α,β-unsaturated/α-hetero) is 1. The van der Waals surface area contributed by atoms with E-state index in [2.05, 4.69) is 15.9 Å². The van der Waals surface area contributed by atoms with Crippen molar-refractivity contribution in [2.75, 3.05) is 0 Å². The van der Waals surface area contributed by atoms with Gasteiger partial charge in [0.1, 0.15) is 0 Å². The molecule has 0 bridgehead atoms. The van der Waals surface area contributed by atoms with Gasteiger partial charge in [-0.3, -0.25) is 14.2 Å². The van der Waals surface area contributed by atoms with E-state index in [1.807, 2.05) is 0 Å². The Kier molecular flexibility index (Phi) is 3.80. The molecule has 0 N–H and O–H groups in total. The second-order valence-electron chi connectivity index (χ2n) is 4.07. The van der Waals surface area contributed by atoms with Crippen LogP contribution in [0, 0.1) is 0 Å². The second-order valence-corrected chi connectivity index (χ2v) is 4.98. The van der Waals surface area contributed by atoms with Gasteiger partial charge in [0.25, 0.3) is 5.56 Å². The van der Waals surface area contributed by atoms with E-state index in [0.717, 1.165) is 9.04 Å². The Labute approximate surface area is 117 Å². The first-order chi connectivity index (χ1) is 8.99. The minimum Gasteiger partial charge on any atom is -0.303 e. The summed E-state index contributed by atoms with van der Waals surface area (Å²) in [4.78, 5) is 35.5. The van der Waals surface area contributed by atoms with Crippen molar-refractivity contribution in [3.8, 4) is 0 Å². The van der Waals surface area contributed by atoms with Gasteiger partial charge in [-0.15, -0.1) is 0 Å². The number of aryl methyl sites for hydroxylation is 1. The molecular weight excluding hydrogens is 312 g/mol. The number of aromatic nitrogens is 2. The Hall–Kier alpha value is -1.95. The number of hydrogen-bond acceptors (Lipinski definition) is 3. The molecule has 0 aliphatic carbocycles. The smallest absolute Gasteiger partial charge is 0.303 e. The first-order valence-electron chi connectivity index (χ1n) is 5.54. The van der Waals surface area contributed by atoms with Gasteiger partial charge in [-0.1, -0.05) is 28.1 Å². The molecule has 6 heteroatoms. The normalized spacial score (nSPS) is 10.4. The average molecular weight is 323 g/mol. The molecule has 0 aliphatic heterocycles. The summed E-state index contributed by atoms with van der Waals surface area (Å²) in [7, 11) is 1.53. The first kappa shape index (κ1) is 13.5. The van der Waals surface area contributed by atoms with E-state index in [1.54, 1.807) is 24.3 Å². The number of nitrogens with zero attached hydrogens (tertiary/aromatic N) is 2. The molecule has 0 saturated heterocycles. The van der Waals surface area contributed by atoms with Crippen LogP contribution in [0.3, 0.4) is 0 Å². The number of halogens is 1. The van der Waals surface area contributed by atoms with Gasteiger partial charge >= 0.3 is 5.69 Å². The molecule has 98 valence electrons. The summed E-state index contributed by atoms with van der Waals surface area (Å²) in [5.74, 6) is -0.285. The maximum absolute atomic E-state index is 12.1. The third-order valence-corrected chi connectivity index (χ3v) is 3.18. The van der Waals surface area contributed by atoms with Crippen molar-refractivity contribution in [2.24, 2.45) is 7.05 Å². The molecule has 2 aromatic rings. The van der Waals surface area contributed by atoms with Crippen LogP contribution in [0.2, 0.25) is 0 Å². The van der Waals surface area contributed by atoms with Crippen molar-refractivity contribution in [3.63, 3.8) is 0 Å². The molecule has 2 rings (SSSR count). The SMILES string of the molecule is Cn1ccc(=O)n(CC(=O)c2cccc(Br)c2)c1=O. The lowest BCUT2D eigenvalue weighted by Crippen LogP contribution is -2.39. The average Bonchev–Trinajstić information content (AvgIpc) is 2.39. The van der Waals surface area contributed by atoms with Gasteiger partial charge in [0.15, 0.2) is 5.78 Å². The lowest BCUT2D eigenvalue weighted by atomic mass is 10.1. The highest BCUT2D eigenvalue weighted by molar-refractivity contribution is 9.10. The molecule has 0 fully saturated rings.